The van der Waals surface area contributed by atoms with E-state index in [0.717, 1.165) is 0 Å². The molecule has 0 radical (unpaired) electrons. The Morgan fingerprint density at radius 3 is 2.69 bits per heavy atom. The van der Waals surface area contributed by atoms with Crippen molar-refractivity contribution < 1.29 is 13.7 Å². The van der Waals surface area contributed by atoms with Crippen molar-refractivity contribution in [2.45, 2.75) is 6.42 Å². The monoisotopic (exact) mass is 201 g/mol. The van der Waals surface area contributed by atoms with E-state index in [9.17, 15) is 9.00 Å². The average molecular weight is 201 g/mol. The average Bonchev–Trinajstić information content (AvgIpc) is 2.04. The summed E-state index contributed by atoms with van der Waals surface area (Å²) in [4.78, 5) is 11.0. The third-order valence-corrected chi connectivity index (χ3v) is 3.76. The molecule has 0 aromatic rings. The fourth-order valence-electron chi connectivity index (χ4n) is 0.979. The van der Waals surface area contributed by atoms with Gasteiger partial charge in [0.25, 0.3) is 5.91 Å². The Kier molecular flexibility index (Phi) is 3.46. The molecule has 1 aliphatic heterocycles. The van der Waals surface area contributed by atoms with Crippen LogP contribution in [0.2, 0.25) is 0 Å². The van der Waals surface area contributed by atoms with E-state index in [4.69, 9.17) is 11.2 Å². The molecule has 0 saturated carbocycles. The number of terminal acetylenes is 1. The molecule has 0 bridgehead atoms. The highest BCUT2D eigenvalue weighted by Gasteiger charge is 2.16. The topological polar surface area (TPSA) is 55.7 Å². The molecular formula is C8H11NO3S. The Morgan fingerprint density at radius 1 is 1.54 bits per heavy atom. The van der Waals surface area contributed by atoms with Gasteiger partial charge in [0.15, 0.2) is 0 Å². The fourth-order valence-corrected chi connectivity index (χ4v) is 2.56. The maximum Gasteiger partial charge on any atom is 0.265 e. The van der Waals surface area contributed by atoms with Crippen LogP contribution in [0, 0.1) is 12.3 Å². The molecule has 1 fully saturated rings. The molecular weight excluding hydrogens is 190 g/mol. The van der Waals surface area contributed by atoms with Crippen molar-refractivity contribution in [2.75, 3.05) is 24.7 Å². The van der Waals surface area contributed by atoms with Gasteiger partial charge in [0.1, 0.15) is 0 Å². The van der Waals surface area contributed by atoms with Gasteiger partial charge in [-0.15, -0.1) is 6.42 Å². The van der Waals surface area contributed by atoms with Crippen LogP contribution in [0.4, 0.5) is 0 Å². The molecule has 4 nitrogen and oxygen atoms in total. The Balaban J connectivity index is 2.73. The summed E-state index contributed by atoms with van der Waals surface area (Å²) in [5.74, 6) is 2.38. The minimum atomic E-state index is -2.36. The van der Waals surface area contributed by atoms with Crippen molar-refractivity contribution in [3.63, 3.8) is 0 Å². The summed E-state index contributed by atoms with van der Waals surface area (Å²) >= 11 is 0. The van der Waals surface area contributed by atoms with Crippen LogP contribution in [-0.2, 0) is 19.3 Å². The zero-order valence-electron chi connectivity index (χ0n) is 7.19. The molecule has 72 valence electrons. The fraction of sp³-hybridized carbons (Fsp3) is 0.625. The number of carbonyl (C=O) groups excluding carboxylic acids is 1. The predicted molar refractivity (Wildman–Crippen MR) is 49.6 cm³/mol. The lowest BCUT2D eigenvalue weighted by Gasteiger charge is -2.15. The summed E-state index contributed by atoms with van der Waals surface area (Å²) in [6.07, 6.45) is 4.86. The second kappa shape index (κ2) is 4.40. The van der Waals surface area contributed by atoms with Gasteiger partial charge in [-0.05, 0) is 0 Å². The predicted octanol–water partition coefficient (Wildman–Crippen LogP) is 0.0345. The van der Waals surface area contributed by atoms with Crippen molar-refractivity contribution in [3.8, 4) is 12.3 Å². The number of carbonyl (C=O) groups is 1. The second-order valence-corrected chi connectivity index (χ2v) is 5.20. The molecule has 0 atom stereocenters. The Hall–Kier alpha value is -0.860. The lowest BCUT2D eigenvalue weighted by Crippen LogP contribution is -2.26. The summed E-state index contributed by atoms with van der Waals surface area (Å²) < 4.78 is 20.4. The number of amides is 1. The molecule has 0 aromatic carbocycles. The van der Waals surface area contributed by atoms with Gasteiger partial charge in [0.2, 0.25) is 0 Å². The summed E-state index contributed by atoms with van der Waals surface area (Å²) in [5.41, 5.74) is 0. The summed E-state index contributed by atoms with van der Waals surface area (Å²) in [5, 5.41) is 0. The van der Waals surface area contributed by atoms with Crippen LogP contribution in [0.5, 0.6) is 0 Å². The van der Waals surface area contributed by atoms with Gasteiger partial charge in [0.05, 0.1) is 40.9 Å². The lowest BCUT2D eigenvalue weighted by atomic mass is 10.4. The van der Waals surface area contributed by atoms with E-state index in [1.165, 1.54) is 0 Å². The highest BCUT2D eigenvalue weighted by Crippen LogP contribution is 2.04. The normalized spacial score (nSPS) is 20.2. The van der Waals surface area contributed by atoms with Crippen LogP contribution in [0.25, 0.3) is 0 Å². The Morgan fingerprint density at radius 2 is 2.15 bits per heavy atom. The first-order valence-electron chi connectivity index (χ1n) is 3.93. The maximum absolute atomic E-state index is 11.8. The van der Waals surface area contributed by atoms with Crippen LogP contribution < -0.4 is 0 Å². The van der Waals surface area contributed by atoms with Crippen LogP contribution >= 0.6 is 0 Å². The first-order valence-corrected chi connectivity index (χ1v) is 5.78. The zero-order valence-corrected chi connectivity index (χ0v) is 8.01. The van der Waals surface area contributed by atoms with Crippen LogP contribution in [0.3, 0.4) is 0 Å². The first-order chi connectivity index (χ1) is 6.16. The molecule has 5 heteroatoms. The molecule has 13 heavy (non-hydrogen) atoms. The largest absolute Gasteiger partial charge is 0.379 e. The Bertz CT molecular complexity index is 335. The molecule has 1 aliphatic rings. The summed E-state index contributed by atoms with van der Waals surface area (Å²) in [6, 6.07) is 0. The van der Waals surface area contributed by atoms with Crippen molar-refractivity contribution in [3.05, 3.63) is 0 Å². The Labute approximate surface area is 77.8 Å². The van der Waals surface area contributed by atoms with Gasteiger partial charge < -0.3 is 4.74 Å². The lowest BCUT2D eigenvalue weighted by molar-refractivity contribution is -0.116. The highest BCUT2D eigenvalue weighted by atomic mass is 32.2. The molecule has 0 aromatic heterocycles. The molecule has 0 N–H and O–H groups in total. The van der Waals surface area contributed by atoms with E-state index in [2.05, 4.69) is 10.3 Å². The van der Waals surface area contributed by atoms with Crippen molar-refractivity contribution >= 4 is 15.6 Å². The van der Waals surface area contributed by atoms with E-state index >= 15 is 0 Å². The number of nitrogens with zero attached hydrogens (tertiary/aromatic N) is 1. The van der Waals surface area contributed by atoms with E-state index in [1.54, 1.807) is 0 Å². The SMILES string of the molecule is C#CCC(=O)N=S1(=O)CCOCC1. The molecule has 0 aliphatic carbocycles. The minimum absolute atomic E-state index is 0.0716. The van der Waals surface area contributed by atoms with E-state index in [-0.39, 0.29) is 6.42 Å². The maximum atomic E-state index is 11.8. The van der Waals surface area contributed by atoms with Crippen molar-refractivity contribution in [1.82, 2.24) is 0 Å². The summed E-state index contributed by atoms with van der Waals surface area (Å²) in [7, 11) is -2.36. The molecule has 0 spiro atoms. The van der Waals surface area contributed by atoms with Crippen LogP contribution in [0.1, 0.15) is 6.42 Å². The van der Waals surface area contributed by atoms with Crippen molar-refractivity contribution in [1.29, 1.82) is 0 Å². The van der Waals surface area contributed by atoms with Crippen LogP contribution in [0.15, 0.2) is 4.36 Å². The van der Waals surface area contributed by atoms with Gasteiger partial charge in [-0.25, -0.2) is 4.21 Å². The van der Waals surface area contributed by atoms with Crippen molar-refractivity contribution in [2.24, 2.45) is 4.36 Å². The molecule has 0 unspecified atom stereocenters. The quantitative estimate of drug-likeness (QED) is 0.563. The smallest absolute Gasteiger partial charge is 0.265 e. The number of hydrogen-bond acceptors (Lipinski definition) is 3. The van der Waals surface area contributed by atoms with Gasteiger partial charge in [0, 0.05) is 0 Å². The van der Waals surface area contributed by atoms with E-state index in [1.807, 2.05) is 0 Å². The molecule has 1 saturated heterocycles. The highest BCUT2D eigenvalue weighted by molar-refractivity contribution is 7.93. The second-order valence-electron chi connectivity index (χ2n) is 2.66. The number of rotatable bonds is 1. The summed E-state index contributed by atoms with van der Waals surface area (Å²) in [6.45, 7) is 0.817. The molecule has 1 heterocycles. The van der Waals surface area contributed by atoms with Gasteiger partial charge in [-0.1, -0.05) is 5.92 Å². The van der Waals surface area contributed by atoms with Gasteiger partial charge in [-0.3, -0.25) is 4.79 Å². The van der Waals surface area contributed by atoms with E-state index < -0.39 is 15.6 Å². The minimum Gasteiger partial charge on any atom is -0.379 e. The molecule has 1 amide bonds. The third-order valence-electron chi connectivity index (χ3n) is 1.61. The van der Waals surface area contributed by atoms with Crippen LogP contribution in [-0.4, -0.2) is 34.8 Å². The molecule has 1 rings (SSSR count). The number of ether oxygens (including phenoxy) is 1. The van der Waals surface area contributed by atoms with Gasteiger partial charge in [-0.2, -0.15) is 4.36 Å². The van der Waals surface area contributed by atoms with Gasteiger partial charge >= 0.3 is 0 Å². The van der Waals surface area contributed by atoms with E-state index in [0.29, 0.717) is 24.7 Å². The first kappa shape index (κ1) is 10.2. The standard InChI is InChI=1S/C8H11NO3S/c1-2-3-8(10)9-13(11)6-4-12-5-7-13/h1H,3-7H2. The zero-order chi connectivity index (χ0) is 9.73. The number of hydrogen-bond donors (Lipinski definition) is 0. The third kappa shape index (κ3) is 3.17.